The summed E-state index contributed by atoms with van der Waals surface area (Å²) in [5, 5.41) is 8.65. The summed E-state index contributed by atoms with van der Waals surface area (Å²) in [6, 6.07) is 0. The van der Waals surface area contributed by atoms with Crippen LogP contribution in [0.4, 0.5) is 0 Å². The van der Waals surface area contributed by atoms with Crippen molar-refractivity contribution in [3.05, 3.63) is 12.3 Å². The normalized spacial score (nSPS) is 12.9. The molecule has 2 N–H and O–H groups in total. The third-order valence-electron chi connectivity index (χ3n) is 4.37. The molecule has 0 saturated carbocycles. The van der Waals surface area contributed by atoms with Gasteiger partial charge in [-0.1, -0.05) is 77.6 Å². The highest BCUT2D eigenvalue weighted by atomic mass is 32.3. The molecule has 0 rings (SSSR count). The number of esters is 1. The lowest BCUT2D eigenvalue weighted by Gasteiger charge is -2.10. The van der Waals surface area contributed by atoms with E-state index in [2.05, 4.69) is 15.8 Å². The van der Waals surface area contributed by atoms with E-state index in [0.29, 0.717) is 6.42 Å². The number of aliphatic carboxylic acids is 1. The third-order valence-corrected chi connectivity index (χ3v) is 4.84. The van der Waals surface area contributed by atoms with E-state index in [9.17, 15) is 18.0 Å². The minimum Gasteiger partial charge on any atom is -0.481 e. The summed E-state index contributed by atoms with van der Waals surface area (Å²) < 4.78 is 38.6. The van der Waals surface area contributed by atoms with Gasteiger partial charge in [0.25, 0.3) is 0 Å². The average molecular weight is 437 g/mol. The summed E-state index contributed by atoms with van der Waals surface area (Å²) in [6.07, 6.45) is 15.5. The quantitative estimate of drug-likeness (QED) is 0.128. The first-order chi connectivity index (χ1) is 13.8. The molecule has 1 unspecified atom stereocenters. The van der Waals surface area contributed by atoms with E-state index in [0.717, 1.165) is 25.5 Å². The molecule has 0 fully saturated rings. The number of unbranched alkanes of at least 4 members (excludes halogenated alkanes) is 12. The van der Waals surface area contributed by atoms with Crippen LogP contribution >= 0.6 is 0 Å². The maximum absolute atomic E-state index is 11.7. The maximum atomic E-state index is 11.7. The van der Waals surface area contributed by atoms with Gasteiger partial charge in [-0.2, -0.15) is 8.42 Å². The smallest absolute Gasteiger partial charge is 0.398 e. The summed E-state index contributed by atoms with van der Waals surface area (Å²) in [7, 11) is -4.96. The number of rotatable bonds is 19. The van der Waals surface area contributed by atoms with Crippen LogP contribution in [-0.2, 0) is 28.9 Å². The summed E-state index contributed by atoms with van der Waals surface area (Å²) in [5.41, 5.74) is 0. The van der Waals surface area contributed by atoms with Crippen LogP contribution in [0.15, 0.2) is 12.3 Å². The first kappa shape index (κ1) is 27.5. The van der Waals surface area contributed by atoms with Crippen LogP contribution in [0.25, 0.3) is 0 Å². The Morgan fingerprint density at radius 1 is 0.897 bits per heavy atom. The highest BCUT2D eigenvalue weighted by molar-refractivity contribution is 7.80. The van der Waals surface area contributed by atoms with Crippen molar-refractivity contribution >= 4 is 22.3 Å². The molecule has 29 heavy (non-hydrogen) atoms. The fraction of sp³-hybridized carbons (Fsp3) is 0.800. The van der Waals surface area contributed by atoms with Gasteiger partial charge in [0.05, 0.1) is 12.7 Å². The molecule has 170 valence electrons. The van der Waals surface area contributed by atoms with Crippen molar-refractivity contribution in [3.8, 4) is 0 Å². The Labute approximate surface area is 174 Å². The monoisotopic (exact) mass is 436 g/mol. The van der Waals surface area contributed by atoms with Gasteiger partial charge < -0.3 is 9.84 Å². The number of carboxylic acids is 1. The lowest BCUT2D eigenvalue weighted by atomic mass is 10.0. The molecule has 1 atom stereocenters. The van der Waals surface area contributed by atoms with Crippen LogP contribution in [0.5, 0.6) is 0 Å². The Hall–Kier alpha value is -1.45. The molecule has 0 aromatic rings. The molecule has 0 saturated heterocycles. The topological polar surface area (TPSA) is 127 Å². The van der Waals surface area contributed by atoms with Crippen molar-refractivity contribution in [3.63, 3.8) is 0 Å². The summed E-state index contributed by atoms with van der Waals surface area (Å²) in [6.45, 7) is 2.23. The van der Waals surface area contributed by atoms with E-state index >= 15 is 0 Å². The van der Waals surface area contributed by atoms with Gasteiger partial charge in [-0.3, -0.25) is 9.35 Å². The van der Waals surface area contributed by atoms with Crippen molar-refractivity contribution in [2.45, 2.75) is 103 Å². The van der Waals surface area contributed by atoms with Crippen molar-refractivity contribution in [1.82, 2.24) is 0 Å². The van der Waals surface area contributed by atoms with Crippen molar-refractivity contribution in [2.75, 3.05) is 0 Å². The molecule has 9 heteroatoms. The van der Waals surface area contributed by atoms with Crippen LogP contribution in [0.3, 0.4) is 0 Å². The number of carboxylic acid groups (broad SMARTS) is 1. The fourth-order valence-corrected chi connectivity index (χ4v) is 3.26. The van der Waals surface area contributed by atoms with Crippen LogP contribution in [0, 0.1) is 0 Å². The second-order valence-corrected chi connectivity index (χ2v) is 8.14. The summed E-state index contributed by atoms with van der Waals surface area (Å²) in [5.74, 6) is -2.66. The third kappa shape index (κ3) is 19.6. The molecule has 0 aliphatic heterocycles. The minimum absolute atomic E-state index is 0.688. The van der Waals surface area contributed by atoms with Crippen molar-refractivity contribution in [1.29, 1.82) is 0 Å². The largest absolute Gasteiger partial charge is 0.481 e. The predicted octanol–water partition coefficient (Wildman–Crippen LogP) is 4.80. The average Bonchev–Trinajstić information content (AvgIpc) is 2.62. The van der Waals surface area contributed by atoms with Crippen LogP contribution in [0.2, 0.25) is 0 Å². The molecule has 0 spiro atoms. The second kappa shape index (κ2) is 17.4. The van der Waals surface area contributed by atoms with E-state index in [4.69, 9.17) is 9.66 Å². The van der Waals surface area contributed by atoms with Gasteiger partial charge in [0.2, 0.25) is 0 Å². The van der Waals surface area contributed by atoms with E-state index in [1.165, 1.54) is 57.8 Å². The number of allylic oxidation sites excluding steroid dienone is 1. The lowest BCUT2D eigenvalue weighted by molar-refractivity contribution is -0.152. The van der Waals surface area contributed by atoms with Crippen molar-refractivity contribution < 1.29 is 36.6 Å². The second-order valence-electron chi connectivity index (χ2n) is 7.10. The van der Waals surface area contributed by atoms with Gasteiger partial charge in [-0.15, -0.1) is 0 Å². The van der Waals surface area contributed by atoms with E-state index in [1.807, 2.05) is 0 Å². The molecule has 0 heterocycles. The molecule has 0 radical (unpaired) electrons. The molecule has 0 aromatic carbocycles. The lowest BCUT2D eigenvalue weighted by Crippen LogP contribution is -2.30. The Balaban J connectivity index is 3.74. The molecule has 0 aromatic heterocycles. The Bertz CT molecular complexity index is 571. The number of hydrogen-bond donors (Lipinski definition) is 2. The standard InChI is InChI=1S/C20H36O8S/c1-2-3-4-5-6-7-8-9-10-11-12-13-14-15-16-27-20(23)18(17-19(21)22)28-29(24,25)26/h15-16,18H,2-14,17H2,1H3,(H,21,22)(H,24,25,26). The Morgan fingerprint density at radius 2 is 1.38 bits per heavy atom. The van der Waals surface area contributed by atoms with Crippen LogP contribution in [0.1, 0.15) is 96.8 Å². The van der Waals surface area contributed by atoms with Crippen LogP contribution < -0.4 is 0 Å². The van der Waals surface area contributed by atoms with E-state index in [-0.39, 0.29) is 0 Å². The first-order valence-corrected chi connectivity index (χ1v) is 11.9. The van der Waals surface area contributed by atoms with E-state index in [1.54, 1.807) is 6.08 Å². The fourth-order valence-electron chi connectivity index (χ4n) is 2.82. The highest BCUT2D eigenvalue weighted by Gasteiger charge is 2.28. The number of carbonyl (C=O) groups excluding carboxylic acids is 1. The van der Waals surface area contributed by atoms with Gasteiger partial charge in [-0.25, -0.2) is 8.98 Å². The number of ether oxygens (including phenoxy) is 1. The van der Waals surface area contributed by atoms with Gasteiger partial charge in [0.1, 0.15) is 0 Å². The first-order valence-electron chi connectivity index (χ1n) is 10.5. The van der Waals surface area contributed by atoms with Gasteiger partial charge in [0, 0.05) is 0 Å². The predicted molar refractivity (Wildman–Crippen MR) is 110 cm³/mol. The number of hydrogen-bond acceptors (Lipinski definition) is 6. The Kier molecular flexibility index (Phi) is 16.5. The SMILES string of the molecule is CCCCCCCCCCCCCCC=COC(=O)C(CC(=O)O)OS(=O)(=O)O. The van der Waals surface area contributed by atoms with Crippen LogP contribution in [-0.4, -0.2) is 36.1 Å². The molecular weight excluding hydrogens is 400 g/mol. The van der Waals surface area contributed by atoms with Gasteiger partial charge >= 0.3 is 22.3 Å². The molecule has 8 nitrogen and oxygen atoms in total. The Morgan fingerprint density at radius 3 is 1.83 bits per heavy atom. The molecule has 0 aliphatic carbocycles. The molecular formula is C20H36O8S. The number of carbonyl (C=O) groups is 2. The summed E-state index contributed by atoms with van der Waals surface area (Å²) >= 11 is 0. The molecule has 0 aliphatic rings. The minimum atomic E-state index is -4.96. The van der Waals surface area contributed by atoms with Gasteiger partial charge in [0.15, 0.2) is 6.10 Å². The van der Waals surface area contributed by atoms with Crippen molar-refractivity contribution in [2.24, 2.45) is 0 Å². The highest BCUT2D eigenvalue weighted by Crippen LogP contribution is 2.12. The van der Waals surface area contributed by atoms with E-state index < -0.39 is 34.9 Å². The zero-order chi connectivity index (χ0) is 22.0. The zero-order valence-electron chi connectivity index (χ0n) is 17.4. The maximum Gasteiger partial charge on any atom is 0.398 e. The zero-order valence-corrected chi connectivity index (χ0v) is 18.2. The van der Waals surface area contributed by atoms with Gasteiger partial charge in [-0.05, 0) is 18.9 Å². The molecule has 0 bridgehead atoms. The summed E-state index contributed by atoms with van der Waals surface area (Å²) in [4.78, 5) is 22.3. The molecule has 0 amide bonds.